The molecule has 2 rings (SSSR count). The third-order valence-electron chi connectivity index (χ3n) is 4.41. The van der Waals surface area contributed by atoms with Crippen LogP contribution in [-0.2, 0) is 9.59 Å². The van der Waals surface area contributed by atoms with Crippen LogP contribution in [0.3, 0.4) is 0 Å². The molecule has 6 nitrogen and oxygen atoms in total. The zero-order valence-electron chi connectivity index (χ0n) is 13.6. The van der Waals surface area contributed by atoms with Gasteiger partial charge in [-0.2, -0.15) is 13.2 Å². The van der Waals surface area contributed by atoms with Gasteiger partial charge in [-0.05, 0) is 6.92 Å². The third-order valence-corrected chi connectivity index (χ3v) is 4.41. The number of hydrogen-bond acceptors (Lipinski definition) is 4. The first-order chi connectivity index (χ1) is 10.8. The predicted octanol–water partition coefficient (Wildman–Crippen LogP) is 0.229. The summed E-state index contributed by atoms with van der Waals surface area (Å²) in [6.45, 7) is 3.73. The predicted molar refractivity (Wildman–Crippen MR) is 84.9 cm³/mol. The van der Waals surface area contributed by atoms with Gasteiger partial charge >= 0.3 is 6.18 Å². The number of hydrogen-bond donors (Lipinski definition) is 2. The fourth-order valence-electron chi connectivity index (χ4n) is 3.04. The van der Waals surface area contributed by atoms with Gasteiger partial charge in [-0.3, -0.25) is 14.5 Å². The maximum Gasteiger partial charge on any atom is 0.405 e. The van der Waals surface area contributed by atoms with Crippen molar-refractivity contribution in [2.24, 2.45) is 5.92 Å². The molecule has 2 N–H and O–H groups in total. The minimum atomic E-state index is -4.40. The van der Waals surface area contributed by atoms with E-state index in [1.165, 1.54) is 4.90 Å². The number of amides is 2. The number of nitrogens with one attached hydrogen (secondary N) is 2. The van der Waals surface area contributed by atoms with Crippen molar-refractivity contribution in [3.8, 4) is 0 Å². The molecular weight excluding hydrogens is 349 g/mol. The van der Waals surface area contributed by atoms with Crippen molar-refractivity contribution in [2.75, 3.05) is 45.8 Å². The molecule has 0 aliphatic carbocycles. The molecule has 24 heavy (non-hydrogen) atoms. The molecule has 0 bridgehead atoms. The summed E-state index contributed by atoms with van der Waals surface area (Å²) in [5.74, 6) is -1.15. The van der Waals surface area contributed by atoms with Crippen molar-refractivity contribution in [1.82, 2.24) is 20.4 Å². The quantitative estimate of drug-likeness (QED) is 0.725. The van der Waals surface area contributed by atoms with Crippen molar-refractivity contribution in [2.45, 2.75) is 25.6 Å². The second-order valence-electron chi connectivity index (χ2n) is 5.92. The van der Waals surface area contributed by atoms with Gasteiger partial charge in [0.25, 0.3) is 0 Å². The van der Waals surface area contributed by atoms with Crippen molar-refractivity contribution < 1.29 is 22.8 Å². The first-order valence-electron chi connectivity index (χ1n) is 7.90. The second-order valence-corrected chi connectivity index (χ2v) is 5.92. The molecule has 0 aromatic rings. The fourth-order valence-corrected chi connectivity index (χ4v) is 3.04. The summed E-state index contributed by atoms with van der Waals surface area (Å²) < 4.78 is 39.7. The molecule has 2 atom stereocenters. The molecular formula is C14H24ClF3N4O2. The number of likely N-dealkylation sites (tertiary alicyclic amines) is 1. The first kappa shape index (κ1) is 21.0. The van der Waals surface area contributed by atoms with Gasteiger partial charge < -0.3 is 15.5 Å². The van der Waals surface area contributed by atoms with Crippen LogP contribution in [0, 0.1) is 5.92 Å². The molecule has 0 aromatic carbocycles. The SMILES string of the molecule is CCN1CC(C(=O)NCC(N2CCNCC2)C(F)(F)F)CC1=O.Cl. The molecule has 0 aromatic heterocycles. The molecule has 140 valence electrons. The van der Waals surface area contributed by atoms with E-state index in [2.05, 4.69) is 10.6 Å². The van der Waals surface area contributed by atoms with E-state index < -0.39 is 30.6 Å². The molecule has 2 aliphatic heterocycles. The summed E-state index contributed by atoms with van der Waals surface area (Å²) in [6.07, 6.45) is -4.32. The summed E-state index contributed by atoms with van der Waals surface area (Å²) in [5, 5.41) is 5.40. The van der Waals surface area contributed by atoms with Gasteiger partial charge in [0, 0.05) is 52.2 Å². The van der Waals surface area contributed by atoms with Crippen LogP contribution in [0.15, 0.2) is 0 Å². The monoisotopic (exact) mass is 372 g/mol. The maximum atomic E-state index is 13.2. The molecule has 0 spiro atoms. The van der Waals surface area contributed by atoms with Crippen LogP contribution >= 0.6 is 12.4 Å². The molecule has 2 amide bonds. The van der Waals surface area contributed by atoms with Crippen molar-refractivity contribution in [3.63, 3.8) is 0 Å². The largest absolute Gasteiger partial charge is 0.405 e. The number of nitrogens with zero attached hydrogens (tertiary/aromatic N) is 2. The molecule has 2 unspecified atom stereocenters. The van der Waals surface area contributed by atoms with Crippen LogP contribution < -0.4 is 10.6 Å². The van der Waals surface area contributed by atoms with Crippen molar-refractivity contribution in [1.29, 1.82) is 0 Å². The maximum absolute atomic E-state index is 13.2. The van der Waals surface area contributed by atoms with E-state index in [-0.39, 0.29) is 31.3 Å². The van der Waals surface area contributed by atoms with Crippen LogP contribution in [0.4, 0.5) is 13.2 Å². The third kappa shape index (κ3) is 5.22. The lowest BCUT2D eigenvalue weighted by molar-refractivity contribution is -0.184. The van der Waals surface area contributed by atoms with Gasteiger partial charge in [0.2, 0.25) is 11.8 Å². The standard InChI is InChI=1S/C14H23F3N4O2.ClH/c1-2-20-9-10(7-12(20)22)13(23)19-8-11(14(15,16)17)21-5-3-18-4-6-21;/h10-11,18H,2-9H2,1H3,(H,19,23);1H. The Hall–Kier alpha value is -1.06. The van der Waals surface area contributed by atoms with Gasteiger partial charge in [-0.1, -0.05) is 0 Å². The second kappa shape index (κ2) is 8.87. The van der Waals surface area contributed by atoms with Crippen LogP contribution in [0.25, 0.3) is 0 Å². The van der Waals surface area contributed by atoms with Crippen LogP contribution in [-0.4, -0.2) is 79.6 Å². The zero-order chi connectivity index (χ0) is 17.0. The smallest absolute Gasteiger partial charge is 0.354 e. The molecule has 0 saturated carbocycles. The Balaban J connectivity index is 0.00000288. The molecule has 0 radical (unpaired) electrons. The van der Waals surface area contributed by atoms with Gasteiger partial charge in [-0.15, -0.1) is 12.4 Å². The number of rotatable bonds is 5. The van der Waals surface area contributed by atoms with Gasteiger partial charge in [-0.25, -0.2) is 0 Å². The Kier molecular flexibility index (Phi) is 7.75. The number of piperazine rings is 1. The van der Waals surface area contributed by atoms with Crippen molar-refractivity contribution >= 4 is 24.2 Å². The number of alkyl halides is 3. The van der Waals surface area contributed by atoms with Gasteiger partial charge in [0.1, 0.15) is 6.04 Å². The lowest BCUT2D eigenvalue weighted by atomic mass is 10.1. The minimum absolute atomic E-state index is 0. The highest BCUT2D eigenvalue weighted by Crippen LogP contribution is 2.25. The summed E-state index contributed by atoms with van der Waals surface area (Å²) in [5.41, 5.74) is 0. The topological polar surface area (TPSA) is 64.7 Å². The average molecular weight is 373 g/mol. The van der Waals surface area contributed by atoms with E-state index in [4.69, 9.17) is 0 Å². The summed E-state index contributed by atoms with van der Waals surface area (Å²) in [7, 11) is 0. The van der Waals surface area contributed by atoms with Crippen LogP contribution in [0.2, 0.25) is 0 Å². The Morgan fingerprint density at radius 1 is 1.38 bits per heavy atom. The molecule has 2 fully saturated rings. The fraction of sp³-hybridized carbons (Fsp3) is 0.857. The average Bonchev–Trinajstić information content (AvgIpc) is 2.88. The Morgan fingerprint density at radius 3 is 2.50 bits per heavy atom. The van der Waals surface area contributed by atoms with E-state index in [1.54, 1.807) is 4.90 Å². The van der Waals surface area contributed by atoms with E-state index in [0.717, 1.165) is 0 Å². The van der Waals surface area contributed by atoms with E-state index in [0.29, 0.717) is 32.7 Å². The number of halogens is 4. The summed E-state index contributed by atoms with van der Waals surface area (Å²) in [6, 6.07) is -1.69. The zero-order valence-corrected chi connectivity index (χ0v) is 14.4. The van der Waals surface area contributed by atoms with Crippen LogP contribution in [0.5, 0.6) is 0 Å². The Labute approximate surface area is 145 Å². The van der Waals surface area contributed by atoms with E-state index in [1.807, 2.05) is 6.92 Å². The summed E-state index contributed by atoms with van der Waals surface area (Å²) in [4.78, 5) is 26.6. The highest BCUT2D eigenvalue weighted by molar-refractivity contribution is 5.89. The van der Waals surface area contributed by atoms with E-state index in [9.17, 15) is 22.8 Å². The van der Waals surface area contributed by atoms with Gasteiger partial charge in [0.05, 0.1) is 5.92 Å². The Bertz CT molecular complexity index is 444. The molecule has 2 aliphatic rings. The molecule has 2 saturated heterocycles. The number of carbonyl (C=O) groups is 2. The van der Waals surface area contributed by atoms with E-state index >= 15 is 0 Å². The number of carbonyl (C=O) groups excluding carboxylic acids is 2. The minimum Gasteiger partial charge on any atom is -0.354 e. The molecule has 2 heterocycles. The first-order valence-corrected chi connectivity index (χ1v) is 7.90. The van der Waals surface area contributed by atoms with Crippen LogP contribution in [0.1, 0.15) is 13.3 Å². The van der Waals surface area contributed by atoms with Crippen molar-refractivity contribution in [3.05, 3.63) is 0 Å². The lowest BCUT2D eigenvalue weighted by Crippen LogP contribution is -2.57. The Morgan fingerprint density at radius 2 is 2.00 bits per heavy atom. The highest BCUT2D eigenvalue weighted by Gasteiger charge is 2.44. The normalized spacial score (nSPS) is 23.8. The van der Waals surface area contributed by atoms with Gasteiger partial charge in [0.15, 0.2) is 0 Å². The summed E-state index contributed by atoms with van der Waals surface area (Å²) >= 11 is 0. The lowest BCUT2D eigenvalue weighted by Gasteiger charge is -2.36. The molecule has 10 heteroatoms. The highest BCUT2D eigenvalue weighted by atomic mass is 35.5.